The van der Waals surface area contributed by atoms with Gasteiger partial charge in [0.25, 0.3) is 0 Å². The molecule has 1 aliphatic rings. The summed E-state index contributed by atoms with van der Waals surface area (Å²) in [6, 6.07) is 0. The van der Waals surface area contributed by atoms with E-state index in [0.29, 0.717) is 13.2 Å². The molecule has 0 spiro atoms. The zero-order valence-corrected chi connectivity index (χ0v) is 6.80. The van der Waals surface area contributed by atoms with Gasteiger partial charge in [-0.05, 0) is 0 Å². The van der Waals surface area contributed by atoms with Crippen molar-refractivity contribution < 1.29 is 29.3 Å². The van der Waals surface area contributed by atoms with Crippen molar-refractivity contribution in [1.82, 2.24) is 0 Å². The third-order valence-corrected chi connectivity index (χ3v) is 0.981. The van der Waals surface area contributed by atoms with Crippen LogP contribution in [0.3, 0.4) is 0 Å². The Hall–Kier alpha value is -1.56. The first-order valence-electron chi connectivity index (χ1n) is 3.39. The standard InChI is InChI=1S/C6H8O3.CH2O3/c1-2-6(7)9-4-5-3-8-5;2-1(3)4/h2,5H,1,3-4H2;(H2,2,3,4). The molecule has 2 N–H and O–H groups in total. The largest absolute Gasteiger partial charge is 0.503 e. The van der Waals surface area contributed by atoms with Crippen LogP contribution in [0.25, 0.3) is 0 Å². The molecule has 0 aromatic rings. The number of ether oxygens (including phenoxy) is 2. The van der Waals surface area contributed by atoms with Crippen molar-refractivity contribution in [3.05, 3.63) is 12.7 Å². The second-order valence-corrected chi connectivity index (χ2v) is 2.07. The van der Waals surface area contributed by atoms with E-state index in [9.17, 15) is 4.79 Å². The number of carbonyl (C=O) groups excluding carboxylic acids is 1. The van der Waals surface area contributed by atoms with E-state index in [2.05, 4.69) is 11.3 Å². The predicted octanol–water partition coefficient (Wildman–Crippen LogP) is 0.337. The molecule has 1 unspecified atom stereocenters. The maximum Gasteiger partial charge on any atom is 0.503 e. The minimum absolute atomic E-state index is 0.147. The zero-order chi connectivity index (χ0) is 10.3. The molecule has 0 aliphatic carbocycles. The van der Waals surface area contributed by atoms with Crippen LogP contribution in [0.1, 0.15) is 0 Å². The van der Waals surface area contributed by atoms with Crippen LogP contribution in [0.5, 0.6) is 0 Å². The Morgan fingerprint density at radius 1 is 1.62 bits per heavy atom. The molecular formula is C7H10O6. The first kappa shape index (κ1) is 11.4. The molecule has 74 valence electrons. The molecule has 6 nitrogen and oxygen atoms in total. The Morgan fingerprint density at radius 3 is 2.38 bits per heavy atom. The molecule has 0 bridgehead atoms. The van der Waals surface area contributed by atoms with E-state index in [1.165, 1.54) is 0 Å². The van der Waals surface area contributed by atoms with Crippen molar-refractivity contribution in [3.63, 3.8) is 0 Å². The lowest BCUT2D eigenvalue weighted by Crippen LogP contribution is -2.06. The number of esters is 1. The van der Waals surface area contributed by atoms with Crippen molar-refractivity contribution in [2.45, 2.75) is 6.10 Å². The third kappa shape index (κ3) is 10.4. The highest BCUT2D eigenvalue weighted by Gasteiger charge is 2.23. The number of epoxide rings is 1. The summed E-state index contributed by atoms with van der Waals surface area (Å²) < 4.78 is 9.42. The van der Waals surface area contributed by atoms with E-state index in [0.717, 1.165) is 6.08 Å². The van der Waals surface area contributed by atoms with Gasteiger partial charge in [-0.25, -0.2) is 9.59 Å². The number of carboxylic acid groups (broad SMARTS) is 2. The quantitative estimate of drug-likeness (QED) is 0.378. The van der Waals surface area contributed by atoms with Crippen LogP contribution in [0.4, 0.5) is 4.79 Å². The molecule has 1 atom stereocenters. The summed E-state index contributed by atoms with van der Waals surface area (Å²) in [5.74, 6) is -0.384. The summed E-state index contributed by atoms with van der Waals surface area (Å²) >= 11 is 0. The van der Waals surface area contributed by atoms with Crippen molar-refractivity contribution in [2.24, 2.45) is 0 Å². The highest BCUT2D eigenvalue weighted by atomic mass is 16.6. The van der Waals surface area contributed by atoms with E-state index in [1.807, 2.05) is 0 Å². The number of rotatable bonds is 3. The van der Waals surface area contributed by atoms with Gasteiger partial charge in [-0.1, -0.05) is 6.58 Å². The lowest BCUT2D eigenvalue weighted by molar-refractivity contribution is -0.138. The minimum atomic E-state index is -1.83. The van der Waals surface area contributed by atoms with Gasteiger partial charge in [-0.3, -0.25) is 0 Å². The van der Waals surface area contributed by atoms with Gasteiger partial charge in [0.05, 0.1) is 6.61 Å². The van der Waals surface area contributed by atoms with E-state index >= 15 is 0 Å². The molecular weight excluding hydrogens is 180 g/mol. The first-order chi connectivity index (χ1) is 6.06. The normalized spacial score (nSPS) is 17.7. The van der Waals surface area contributed by atoms with Gasteiger partial charge in [0.1, 0.15) is 12.7 Å². The Bertz CT molecular complexity index is 191. The molecule has 0 amide bonds. The van der Waals surface area contributed by atoms with Gasteiger partial charge in [-0.15, -0.1) is 0 Å². The smallest absolute Gasteiger partial charge is 0.460 e. The average molecular weight is 190 g/mol. The van der Waals surface area contributed by atoms with Gasteiger partial charge in [0.2, 0.25) is 0 Å². The van der Waals surface area contributed by atoms with Crippen LogP contribution in [-0.2, 0) is 14.3 Å². The molecule has 1 aliphatic heterocycles. The van der Waals surface area contributed by atoms with Crippen molar-refractivity contribution in [1.29, 1.82) is 0 Å². The molecule has 1 fully saturated rings. The van der Waals surface area contributed by atoms with E-state index in [1.54, 1.807) is 0 Å². The fraction of sp³-hybridized carbons (Fsp3) is 0.429. The topological polar surface area (TPSA) is 96.4 Å². The summed E-state index contributed by atoms with van der Waals surface area (Å²) in [5, 5.41) is 13.9. The van der Waals surface area contributed by atoms with Crippen LogP contribution in [-0.4, -0.2) is 41.7 Å². The van der Waals surface area contributed by atoms with Gasteiger partial charge >= 0.3 is 12.1 Å². The number of hydrogen-bond acceptors (Lipinski definition) is 4. The molecule has 0 aromatic carbocycles. The van der Waals surface area contributed by atoms with Crippen LogP contribution in [0, 0.1) is 0 Å². The van der Waals surface area contributed by atoms with Crippen molar-refractivity contribution in [2.75, 3.05) is 13.2 Å². The maximum atomic E-state index is 10.3. The fourth-order valence-corrected chi connectivity index (χ4v) is 0.398. The second-order valence-electron chi connectivity index (χ2n) is 2.07. The first-order valence-corrected chi connectivity index (χ1v) is 3.39. The summed E-state index contributed by atoms with van der Waals surface area (Å²) in [4.78, 5) is 18.9. The number of carbonyl (C=O) groups is 2. The van der Waals surface area contributed by atoms with Crippen LogP contribution < -0.4 is 0 Å². The predicted molar refractivity (Wildman–Crippen MR) is 41.5 cm³/mol. The second kappa shape index (κ2) is 6.01. The van der Waals surface area contributed by atoms with Crippen LogP contribution in [0.15, 0.2) is 12.7 Å². The summed E-state index contributed by atoms with van der Waals surface area (Å²) in [5.41, 5.74) is 0. The molecule has 13 heavy (non-hydrogen) atoms. The fourth-order valence-electron chi connectivity index (χ4n) is 0.398. The Morgan fingerprint density at radius 2 is 2.08 bits per heavy atom. The lowest BCUT2D eigenvalue weighted by atomic mass is 10.5. The Kier molecular flexibility index (Phi) is 5.29. The lowest BCUT2D eigenvalue weighted by Gasteiger charge is -1.94. The summed E-state index contributed by atoms with van der Waals surface area (Å²) in [6.07, 6.45) is -0.545. The molecule has 0 saturated carbocycles. The molecule has 1 saturated heterocycles. The average Bonchev–Trinajstić information content (AvgIpc) is 2.82. The van der Waals surface area contributed by atoms with Crippen LogP contribution >= 0.6 is 0 Å². The Labute approximate surface area is 74.4 Å². The van der Waals surface area contributed by atoms with Gasteiger partial charge in [0.15, 0.2) is 0 Å². The zero-order valence-electron chi connectivity index (χ0n) is 6.80. The van der Waals surface area contributed by atoms with E-state index < -0.39 is 6.16 Å². The SMILES string of the molecule is C=CC(=O)OCC1CO1.O=C(O)O. The highest BCUT2D eigenvalue weighted by Crippen LogP contribution is 2.08. The molecule has 0 radical (unpaired) electrons. The van der Waals surface area contributed by atoms with Crippen molar-refractivity contribution >= 4 is 12.1 Å². The van der Waals surface area contributed by atoms with Gasteiger partial charge < -0.3 is 19.7 Å². The molecule has 6 heteroatoms. The van der Waals surface area contributed by atoms with E-state index in [-0.39, 0.29) is 12.1 Å². The summed E-state index contributed by atoms with van der Waals surface area (Å²) in [6.45, 7) is 4.32. The maximum absolute atomic E-state index is 10.3. The molecule has 1 rings (SSSR count). The van der Waals surface area contributed by atoms with Gasteiger partial charge in [-0.2, -0.15) is 0 Å². The van der Waals surface area contributed by atoms with Crippen LogP contribution in [0.2, 0.25) is 0 Å². The highest BCUT2D eigenvalue weighted by molar-refractivity contribution is 5.81. The third-order valence-electron chi connectivity index (χ3n) is 0.981. The van der Waals surface area contributed by atoms with Crippen molar-refractivity contribution in [3.8, 4) is 0 Å². The monoisotopic (exact) mass is 190 g/mol. The van der Waals surface area contributed by atoms with Gasteiger partial charge in [0, 0.05) is 6.08 Å². The number of hydrogen-bond donors (Lipinski definition) is 2. The summed E-state index contributed by atoms with van der Waals surface area (Å²) in [7, 11) is 0. The molecule has 1 heterocycles. The Balaban J connectivity index is 0.000000310. The minimum Gasteiger partial charge on any atom is -0.460 e. The molecule has 0 aromatic heterocycles. The van der Waals surface area contributed by atoms with E-state index in [4.69, 9.17) is 19.7 Å².